The summed E-state index contributed by atoms with van der Waals surface area (Å²) in [6, 6.07) is 8.41. The molecule has 0 aromatic heterocycles. The standard InChI is InChI=1S/C11H15N/c1-3-4-11(12)10-7-5-9(2)6-8-10/h3,5-8,11H,1,4,12H2,2H3. The first-order valence-corrected chi connectivity index (χ1v) is 4.17. The Morgan fingerprint density at radius 1 is 1.42 bits per heavy atom. The fraction of sp³-hybridized carbons (Fsp3) is 0.273. The quantitative estimate of drug-likeness (QED) is 0.677. The van der Waals surface area contributed by atoms with Crippen LogP contribution in [0.1, 0.15) is 23.6 Å². The highest BCUT2D eigenvalue weighted by Gasteiger charge is 2.01. The maximum absolute atomic E-state index is 5.88. The van der Waals surface area contributed by atoms with E-state index in [1.165, 1.54) is 11.1 Å². The van der Waals surface area contributed by atoms with E-state index in [-0.39, 0.29) is 6.04 Å². The lowest BCUT2D eigenvalue weighted by atomic mass is 10.0. The van der Waals surface area contributed by atoms with Gasteiger partial charge in [-0.3, -0.25) is 0 Å². The average molecular weight is 161 g/mol. The van der Waals surface area contributed by atoms with Crippen LogP contribution in [0.4, 0.5) is 0 Å². The SMILES string of the molecule is C=CCC(N)c1ccc(C)cc1. The summed E-state index contributed by atoms with van der Waals surface area (Å²) in [6.45, 7) is 5.74. The van der Waals surface area contributed by atoms with E-state index in [9.17, 15) is 0 Å². The number of rotatable bonds is 3. The molecule has 1 nitrogen and oxygen atoms in total. The third kappa shape index (κ3) is 2.21. The lowest BCUT2D eigenvalue weighted by Crippen LogP contribution is -2.08. The van der Waals surface area contributed by atoms with Gasteiger partial charge < -0.3 is 5.73 Å². The van der Waals surface area contributed by atoms with E-state index in [0.29, 0.717) is 0 Å². The normalized spacial score (nSPS) is 12.5. The van der Waals surface area contributed by atoms with Gasteiger partial charge in [-0.2, -0.15) is 0 Å². The molecule has 1 atom stereocenters. The van der Waals surface area contributed by atoms with Crippen molar-refractivity contribution >= 4 is 0 Å². The van der Waals surface area contributed by atoms with Crippen molar-refractivity contribution in [2.24, 2.45) is 5.73 Å². The van der Waals surface area contributed by atoms with Gasteiger partial charge in [0.15, 0.2) is 0 Å². The predicted molar refractivity (Wildman–Crippen MR) is 52.9 cm³/mol. The largest absolute Gasteiger partial charge is 0.324 e. The summed E-state index contributed by atoms with van der Waals surface area (Å²) in [5.74, 6) is 0. The van der Waals surface area contributed by atoms with Crippen LogP contribution in [0, 0.1) is 6.92 Å². The van der Waals surface area contributed by atoms with Gasteiger partial charge >= 0.3 is 0 Å². The summed E-state index contributed by atoms with van der Waals surface area (Å²) < 4.78 is 0. The highest BCUT2D eigenvalue weighted by atomic mass is 14.6. The molecule has 64 valence electrons. The molecule has 0 amide bonds. The van der Waals surface area contributed by atoms with Crippen LogP contribution < -0.4 is 5.73 Å². The van der Waals surface area contributed by atoms with Gasteiger partial charge in [-0.1, -0.05) is 35.9 Å². The fourth-order valence-corrected chi connectivity index (χ4v) is 1.13. The van der Waals surface area contributed by atoms with Crippen LogP contribution in [-0.4, -0.2) is 0 Å². The average Bonchev–Trinajstić information content (AvgIpc) is 2.06. The summed E-state index contributed by atoms with van der Waals surface area (Å²) in [5, 5.41) is 0. The molecular formula is C11H15N. The molecule has 1 aromatic rings. The van der Waals surface area contributed by atoms with Gasteiger partial charge in [-0.15, -0.1) is 6.58 Å². The highest BCUT2D eigenvalue weighted by Crippen LogP contribution is 2.14. The predicted octanol–water partition coefficient (Wildman–Crippen LogP) is 2.57. The van der Waals surface area contributed by atoms with Gasteiger partial charge in [-0.25, -0.2) is 0 Å². The van der Waals surface area contributed by atoms with Gasteiger partial charge in [0.1, 0.15) is 0 Å². The minimum absolute atomic E-state index is 0.100. The molecule has 0 radical (unpaired) electrons. The second-order valence-electron chi connectivity index (χ2n) is 3.04. The molecule has 1 unspecified atom stereocenters. The van der Waals surface area contributed by atoms with Crippen LogP contribution in [0.15, 0.2) is 36.9 Å². The van der Waals surface area contributed by atoms with Crippen molar-refractivity contribution in [3.63, 3.8) is 0 Å². The topological polar surface area (TPSA) is 26.0 Å². The summed E-state index contributed by atoms with van der Waals surface area (Å²) in [4.78, 5) is 0. The van der Waals surface area contributed by atoms with Gasteiger partial charge in [0, 0.05) is 6.04 Å². The highest BCUT2D eigenvalue weighted by molar-refractivity contribution is 5.24. The molecule has 1 heteroatoms. The second-order valence-corrected chi connectivity index (χ2v) is 3.04. The smallest absolute Gasteiger partial charge is 0.0329 e. The zero-order valence-corrected chi connectivity index (χ0v) is 7.46. The van der Waals surface area contributed by atoms with Crippen LogP contribution in [-0.2, 0) is 0 Å². The van der Waals surface area contributed by atoms with E-state index in [4.69, 9.17) is 5.73 Å². The van der Waals surface area contributed by atoms with E-state index in [2.05, 4.69) is 37.8 Å². The molecule has 0 heterocycles. The lowest BCUT2D eigenvalue weighted by molar-refractivity contribution is 0.741. The van der Waals surface area contributed by atoms with Crippen molar-refractivity contribution in [3.05, 3.63) is 48.0 Å². The Kier molecular flexibility index (Phi) is 3.06. The van der Waals surface area contributed by atoms with Crippen molar-refractivity contribution in [1.82, 2.24) is 0 Å². The van der Waals surface area contributed by atoms with Gasteiger partial charge in [0.2, 0.25) is 0 Å². The first-order valence-electron chi connectivity index (χ1n) is 4.17. The minimum atomic E-state index is 0.100. The number of nitrogens with two attached hydrogens (primary N) is 1. The summed E-state index contributed by atoms with van der Waals surface area (Å²) in [7, 11) is 0. The molecule has 2 N–H and O–H groups in total. The summed E-state index contributed by atoms with van der Waals surface area (Å²) in [6.07, 6.45) is 2.69. The molecule has 12 heavy (non-hydrogen) atoms. The van der Waals surface area contributed by atoms with Crippen LogP contribution in [0.2, 0.25) is 0 Å². The van der Waals surface area contributed by atoms with E-state index in [1.807, 2.05) is 6.08 Å². The van der Waals surface area contributed by atoms with Gasteiger partial charge in [0.25, 0.3) is 0 Å². The Morgan fingerprint density at radius 2 is 2.00 bits per heavy atom. The lowest BCUT2D eigenvalue weighted by Gasteiger charge is -2.08. The maximum Gasteiger partial charge on any atom is 0.0329 e. The molecular weight excluding hydrogens is 146 g/mol. The maximum atomic E-state index is 5.88. The van der Waals surface area contributed by atoms with Crippen LogP contribution in [0.25, 0.3) is 0 Å². The van der Waals surface area contributed by atoms with Crippen molar-refractivity contribution in [1.29, 1.82) is 0 Å². The van der Waals surface area contributed by atoms with E-state index in [0.717, 1.165) is 6.42 Å². The zero-order chi connectivity index (χ0) is 8.97. The van der Waals surface area contributed by atoms with Crippen LogP contribution in [0.3, 0.4) is 0 Å². The molecule has 0 fully saturated rings. The summed E-state index contributed by atoms with van der Waals surface area (Å²) in [5.41, 5.74) is 8.33. The third-order valence-corrected chi connectivity index (χ3v) is 1.93. The molecule has 0 aliphatic rings. The van der Waals surface area contributed by atoms with Gasteiger partial charge in [-0.05, 0) is 18.9 Å². The van der Waals surface area contributed by atoms with Crippen molar-refractivity contribution < 1.29 is 0 Å². The summed E-state index contributed by atoms with van der Waals surface area (Å²) >= 11 is 0. The van der Waals surface area contributed by atoms with Gasteiger partial charge in [0.05, 0.1) is 0 Å². The Bertz CT molecular complexity index is 248. The fourth-order valence-electron chi connectivity index (χ4n) is 1.13. The molecule has 0 bridgehead atoms. The van der Waals surface area contributed by atoms with E-state index in [1.54, 1.807) is 0 Å². The number of benzene rings is 1. The molecule has 0 spiro atoms. The minimum Gasteiger partial charge on any atom is -0.324 e. The Balaban J connectivity index is 2.74. The van der Waals surface area contributed by atoms with E-state index < -0.39 is 0 Å². The molecule has 0 aliphatic carbocycles. The van der Waals surface area contributed by atoms with Crippen molar-refractivity contribution in [2.75, 3.05) is 0 Å². The van der Waals surface area contributed by atoms with Crippen LogP contribution in [0.5, 0.6) is 0 Å². The van der Waals surface area contributed by atoms with Crippen molar-refractivity contribution in [2.45, 2.75) is 19.4 Å². The van der Waals surface area contributed by atoms with Crippen molar-refractivity contribution in [3.8, 4) is 0 Å². The number of hydrogen-bond acceptors (Lipinski definition) is 1. The molecule has 1 aromatic carbocycles. The van der Waals surface area contributed by atoms with Crippen LogP contribution >= 0.6 is 0 Å². The molecule has 0 aliphatic heterocycles. The molecule has 1 rings (SSSR count). The first kappa shape index (κ1) is 9.01. The van der Waals surface area contributed by atoms with E-state index >= 15 is 0 Å². The number of aryl methyl sites for hydroxylation is 1. The molecule has 0 saturated heterocycles. The zero-order valence-electron chi connectivity index (χ0n) is 7.46. The monoisotopic (exact) mass is 161 g/mol. The number of hydrogen-bond donors (Lipinski definition) is 1. The first-order chi connectivity index (χ1) is 5.74. The Hall–Kier alpha value is -1.08. The Morgan fingerprint density at radius 3 is 2.50 bits per heavy atom. The third-order valence-electron chi connectivity index (χ3n) is 1.93. The second kappa shape index (κ2) is 4.07. The molecule has 0 saturated carbocycles. The Labute approximate surface area is 73.9 Å².